The molecule has 2 aromatic carbocycles. The monoisotopic (exact) mass is 469 g/mol. The minimum absolute atomic E-state index is 0.0664. The molecule has 1 aliphatic heterocycles. The van der Waals surface area contributed by atoms with Crippen molar-refractivity contribution in [3.8, 4) is 0 Å². The lowest BCUT2D eigenvalue weighted by atomic mass is 10.1. The molecule has 31 heavy (non-hydrogen) atoms. The number of nitrogens with zero attached hydrogens (tertiary/aromatic N) is 1. The van der Waals surface area contributed by atoms with Gasteiger partial charge in [-0.25, -0.2) is 5.01 Å². The van der Waals surface area contributed by atoms with Crippen LogP contribution < -0.4 is 10.7 Å². The molecule has 1 aliphatic rings. The van der Waals surface area contributed by atoms with E-state index in [0.717, 1.165) is 35.0 Å². The number of benzene rings is 2. The van der Waals surface area contributed by atoms with Crippen LogP contribution in [0.3, 0.4) is 0 Å². The molecule has 0 bridgehead atoms. The summed E-state index contributed by atoms with van der Waals surface area (Å²) in [6.07, 6.45) is -3.16. The highest BCUT2D eigenvalue weighted by Gasteiger charge is 2.40. The third kappa shape index (κ3) is 5.16. The van der Waals surface area contributed by atoms with Crippen molar-refractivity contribution in [2.75, 3.05) is 0 Å². The fourth-order valence-electron chi connectivity index (χ4n) is 2.69. The summed E-state index contributed by atoms with van der Waals surface area (Å²) in [5.74, 6) is -1.50. The van der Waals surface area contributed by atoms with Crippen molar-refractivity contribution in [3.05, 3.63) is 82.5 Å². The zero-order valence-electron chi connectivity index (χ0n) is 16.5. The van der Waals surface area contributed by atoms with Crippen molar-refractivity contribution < 1.29 is 22.8 Å². The second-order valence-electron chi connectivity index (χ2n) is 7.05. The van der Waals surface area contributed by atoms with E-state index < -0.39 is 27.9 Å². The molecule has 0 aliphatic carbocycles. The number of thioether (sulfide) groups is 1. The molecule has 1 unspecified atom stereocenters. The van der Waals surface area contributed by atoms with Gasteiger partial charge in [0, 0.05) is 23.2 Å². The summed E-state index contributed by atoms with van der Waals surface area (Å²) in [6, 6.07) is 12.2. The van der Waals surface area contributed by atoms with Crippen LogP contribution >= 0.6 is 23.4 Å². The van der Waals surface area contributed by atoms with Crippen LogP contribution in [0.4, 0.5) is 13.2 Å². The van der Waals surface area contributed by atoms with Gasteiger partial charge in [0.2, 0.25) is 0 Å². The van der Waals surface area contributed by atoms with E-state index in [4.69, 9.17) is 11.6 Å². The highest BCUT2D eigenvalue weighted by Crippen LogP contribution is 2.44. The van der Waals surface area contributed by atoms with Gasteiger partial charge in [-0.1, -0.05) is 61.5 Å². The van der Waals surface area contributed by atoms with Gasteiger partial charge in [-0.15, -0.1) is 0 Å². The molecule has 164 valence electrons. The molecule has 1 heterocycles. The Kier molecular flexibility index (Phi) is 6.56. The lowest BCUT2D eigenvalue weighted by Gasteiger charge is -2.28. The van der Waals surface area contributed by atoms with Crippen LogP contribution in [0.25, 0.3) is 0 Å². The summed E-state index contributed by atoms with van der Waals surface area (Å²) >= 11 is 7.62. The van der Waals surface area contributed by atoms with E-state index in [9.17, 15) is 22.8 Å². The van der Waals surface area contributed by atoms with Gasteiger partial charge < -0.3 is 5.32 Å². The fourth-order valence-corrected chi connectivity index (χ4v) is 3.97. The Labute approximate surface area is 186 Å². The average Bonchev–Trinajstić information content (AvgIpc) is 3.15. The topological polar surface area (TPSA) is 61.4 Å². The Morgan fingerprint density at radius 1 is 1.10 bits per heavy atom. The maximum absolute atomic E-state index is 13.2. The average molecular weight is 470 g/mol. The largest absolute Gasteiger partial charge is 0.416 e. The number of amides is 2. The standard InChI is InChI=1S/C21H19ClF3N3O2S/c1-13(2)20(22)26-12-17(31-20)28(27-18(29)14-7-4-3-5-8-14)19(30)15-9-6-10-16(11-15)21(23,24)25/h3-13,26H,1-2H3,(H,27,29). The number of carbonyl (C=O) groups is 2. The van der Waals surface area contributed by atoms with Gasteiger partial charge >= 0.3 is 6.18 Å². The van der Waals surface area contributed by atoms with Crippen LogP contribution in [-0.2, 0) is 6.18 Å². The molecular formula is C21H19ClF3N3O2S. The first-order chi connectivity index (χ1) is 14.5. The number of hydrogen-bond acceptors (Lipinski definition) is 4. The van der Waals surface area contributed by atoms with Crippen molar-refractivity contribution in [2.24, 2.45) is 5.92 Å². The lowest BCUT2D eigenvalue weighted by Crippen LogP contribution is -2.45. The SMILES string of the molecule is CC(C)C1(Cl)NC=C(N(NC(=O)c2ccccc2)C(=O)c2cccc(C(F)(F)F)c2)S1. The number of carbonyl (C=O) groups excluding carboxylic acids is 2. The first-order valence-corrected chi connectivity index (χ1v) is 10.4. The van der Waals surface area contributed by atoms with E-state index in [2.05, 4.69) is 10.7 Å². The first kappa shape index (κ1) is 23.0. The highest BCUT2D eigenvalue weighted by atomic mass is 35.5. The number of alkyl halides is 4. The third-order valence-electron chi connectivity index (χ3n) is 4.50. The molecule has 5 nitrogen and oxygen atoms in total. The quantitative estimate of drug-likeness (QED) is 0.368. The van der Waals surface area contributed by atoms with Crippen molar-refractivity contribution in [2.45, 2.75) is 24.4 Å². The van der Waals surface area contributed by atoms with Gasteiger partial charge in [-0.3, -0.25) is 15.0 Å². The number of nitrogens with one attached hydrogen (secondary N) is 2. The fraction of sp³-hybridized carbons (Fsp3) is 0.238. The van der Waals surface area contributed by atoms with E-state index in [0.29, 0.717) is 0 Å². The molecule has 0 spiro atoms. The number of rotatable bonds is 4. The number of hydrazine groups is 1. The summed E-state index contributed by atoms with van der Waals surface area (Å²) in [7, 11) is 0. The second-order valence-corrected chi connectivity index (χ2v) is 9.14. The molecule has 0 fully saturated rings. The predicted molar refractivity (Wildman–Crippen MR) is 114 cm³/mol. The van der Waals surface area contributed by atoms with Crippen molar-refractivity contribution >= 4 is 35.2 Å². The predicted octanol–water partition coefficient (Wildman–Crippen LogP) is 5.18. The molecule has 0 saturated heterocycles. The van der Waals surface area contributed by atoms with Crippen LogP contribution in [0.2, 0.25) is 0 Å². The van der Waals surface area contributed by atoms with Crippen molar-refractivity contribution in [1.82, 2.24) is 15.8 Å². The van der Waals surface area contributed by atoms with Gasteiger partial charge in [0.1, 0.15) is 5.03 Å². The zero-order chi connectivity index (χ0) is 22.8. The molecule has 0 radical (unpaired) electrons. The Morgan fingerprint density at radius 3 is 2.32 bits per heavy atom. The molecule has 3 rings (SSSR count). The van der Waals surface area contributed by atoms with Crippen molar-refractivity contribution in [1.29, 1.82) is 0 Å². The van der Waals surface area contributed by atoms with E-state index in [1.165, 1.54) is 12.3 Å². The molecular weight excluding hydrogens is 451 g/mol. The Balaban J connectivity index is 1.94. The van der Waals surface area contributed by atoms with Gasteiger partial charge in [-0.05, 0) is 30.3 Å². The van der Waals surface area contributed by atoms with Crippen LogP contribution in [0.1, 0.15) is 40.1 Å². The van der Waals surface area contributed by atoms with Gasteiger partial charge in [0.05, 0.1) is 5.56 Å². The van der Waals surface area contributed by atoms with Crippen LogP contribution in [0, 0.1) is 5.92 Å². The minimum atomic E-state index is -4.61. The first-order valence-electron chi connectivity index (χ1n) is 9.25. The number of halogens is 4. The van der Waals surface area contributed by atoms with E-state index >= 15 is 0 Å². The van der Waals surface area contributed by atoms with E-state index in [-0.39, 0.29) is 22.1 Å². The summed E-state index contributed by atoms with van der Waals surface area (Å²) in [4.78, 5) is 25.9. The van der Waals surface area contributed by atoms with Crippen molar-refractivity contribution in [3.63, 3.8) is 0 Å². The Bertz CT molecular complexity index is 1010. The molecule has 2 amide bonds. The molecule has 0 saturated carbocycles. The molecule has 0 aromatic heterocycles. The number of hydrogen-bond donors (Lipinski definition) is 2. The third-order valence-corrected chi connectivity index (χ3v) is 6.67. The van der Waals surface area contributed by atoms with E-state index in [1.807, 2.05) is 13.8 Å². The second kappa shape index (κ2) is 8.84. The summed E-state index contributed by atoms with van der Waals surface area (Å²) in [6.45, 7) is 3.73. The normalized spacial score (nSPS) is 18.4. The maximum atomic E-state index is 13.2. The summed E-state index contributed by atoms with van der Waals surface area (Å²) in [5.41, 5.74) is 1.56. The van der Waals surface area contributed by atoms with Crippen LogP contribution in [0.5, 0.6) is 0 Å². The Morgan fingerprint density at radius 2 is 1.74 bits per heavy atom. The van der Waals surface area contributed by atoms with Gasteiger partial charge in [0.15, 0.2) is 4.33 Å². The van der Waals surface area contributed by atoms with Crippen LogP contribution in [0.15, 0.2) is 65.8 Å². The molecule has 10 heteroatoms. The lowest BCUT2D eigenvalue weighted by molar-refractivity contribution is -0.137. The van der Waals surface area contributed by atoms with Gasteiger partial charge in [-0.2, -0.15) is 13.2 Å². The zero-order valence-corrected chi connectivity index (χ0v) is 18.1. The van der Waals surface area contributed by atoms with E-state index in [1.54, 1.807) is 30.3 Å². The van der Waals surface area contributed by atoms with Gasteiger partial charge in [0.25, 0.3) is 11.8 Å². The highest BCUT2D eigenvalue weighted by molar-refractivity contribution is 8.05. The molecule has 1 atom stereocenters. The summed E-state index contributed by atoms with van der Waals surface area (Å²) in [5, 5.41) is 4.12. The molecule has 2 aromatic rings. The maximum Gasteiger partial charge on any atom is 0.416 e. The Hall–Kier alpha value is -2.65. The summed E-state index contributed by atoms with van der Waals surface area (Å²) < 4.78 is 38.4. The van der Waals surface area contributed by atoms with Crippen LogP contribution in [-0.4, -0.2) is 21.2 Å². The smallest absolute Gasteiger partial charge is 0.362 e. The molecule has 2 N–H and O–H groups in total. The minimum Gasteiger partial charge on any atom is -0.362 e.